The Hall–Kier alpha value is -2.83. The van der Waals surface area contributed by atoms with Crippen molar-refractivity contribution in [3.63, 3.8) is 0 Å². The number of para-hydroxylation sites is 1. The molecule has 7 nitrogen and oxygen atoms in total. The van der Waals surface area contributed by atoms with Gasteiger partial charge in [-0.25, -0.2) is 4.79 Å². The van der Waals surface area contributed by atoms with Gasteiger partial charge in [-0.2, -0.15) is 5.10 Å². The summed E-state index contributed by atoms with van der Waals surface area (Å²) in [7, 11) is 0. The van der Waals surface area contributed by atoms with E-state index >= 15 is 0 Å². The molecule has 0 atom stereocenters. The molecular weight excluding hydrogens is 262 g/mol. The molecule has 2 N–H and O–H groups in total. The molecule has 2 heterocycles. The van der Waals surface area contributed by atoms with Crippen LogP contribution in [0.5, 0.6) is 5.75 Å². The number of carbonyl (C=O) groups is 2. The molecule has 1 aliphatic rings. The number of nitrogens with zero attached hydrogens (tertiary/aromatic N) is 2. The molecule has 0 bridgehead atoms. The molecule has 0 radical (unpaired) electrons. The van der Waals surface area contributed by atoms with Crippen molar-refractivity contribution in [2.45, 2.75) is 0 Å². The standard InChI is InChI=1S/C13H11N3O4/c17-12(8-6-14-15-7-8)16-4-5-20-11-9(13(18)19)2-1-3-10(11)16/h1-3,6-7H,4-5H2,(H,14,15)(H,18,19). The average molecular weight is 273 g/mol. The Labute approximate surface area is 113 Å². The predicted molar refractivity (Wildman–Crippen MR) is 69.2 cm³/mol. The summed E-state index contributed by atoms with van der Waals surface area (Å²) in [5.74, 6) is -1.10. The highest BCUT2D eigenvalue weighted by molar-refractivity contribution is 6.08. The average Bonchev–Trinajstić information content (AvgIpc) is 2.99. The Morgan fingerprint density at radius 1 is 1.40 bits per heavy atom. The van der Waals surface area contributed by atoms with Crippen molar-refractivity contribution in [2.24, 2.45) is 0 Å². The van der Waals surface area contributed by atoms with Gasteiger partial charge in [0.15, 0.2) is 5.75 Å². The third-order valence-corrected chi connectivity index (χ3v) is 3.07. The van der Waals surface area contributed by atoms with Gasteiger partial charge in [0.1, 0.15) is 12.2 Å². The first-order chi connectivity index (χ1) is 9.68. The summed E-state index contributed by atoms with van der Waals surface area (Å²) in [5.41, 5.74) is 0.924. The minimum Gasteiger partial charge on any atom is -0.489 e. The van der Waals surface area contributed by atoms with E-state index in [1.807, 2.05) is 0 Å². The quantitative estimate of drug-likeness (QED) is 0.855. The normalized spacial score (nSPS) is 13.5. The van der Waals surface area contributed by atoms with Crippen LogP contribution in [0.4, 0.5) is 5.69 Å². The van der Waals surface area contributed by atoms with Crippen molar-refractivity contribution < 1.29 is 19.4 Å². The lowest BCUT2D eigenvalue weighted by Gasteiger charge is -2.29. The van der Waals surface area contributed by atoms with Gasteiger partial charge in [0.05, 0.1) is 24.0 Å². The highest BCUT2D eigenvalue weighted by Gasteiger charge is 2.28. The number of hydrogen-bond donors (Lipinski definition) is 2. The third kappa shape index (κ3) is 1.89. The van der Waals surface area contributed by atoms with E-state index in [9.17, 15) is 9.59 Å². The molecule has 3 rings (SSSR count). The van der Waals surface area contributed by atoms with Crippen LogP contribution in [-0.4, -0.2) is 40.3 Å². The second-order valence-electron chi connectivity index (χ2n) is 4.25. The minimum absolute atomic E-state index is 0.0483. The second kappa shape index (κ2) is 4.69. The monoisotopic (exact) mass is 273 g/mol. The summed E-state index contributed by atoms with van der Waals surface area (Å²) in [5, 5.41) is 15.5. The minimum atomic E-state index is -1.08. The van der Waals surface area contributed by atoms with Crippen LogP contribution in [0.15, 0.2) is 30.6 Å². The van der Waals surface area contributed by atoms with Crippen molar-refractivity contribution in [1.82, 2.24) is 10.2 Å². The molecule has 1 amide bonds. The largest absolute Gasteiger partial charge is 0.489 e. The van der Waals surface area contributed by atoms with E-state index in [0.29, 0.717) is 17.8 Å². The SMILES string of the molecule is O=C(O)c1cccc2c1OCCN2C(=O)c1cn[nH]c1. The summed E-state index contributed by atoms with van der Waals surface area (Å²) in [6.07, 6.45) is 2.93. The van der Waals surface area contributed by atoms with Gasteiger partial charge in [-0.1, -0.05) is 6.07 Å². The summed E-state index contributed by atoms with van der Waals surface area (Å²) in [6, 6.07) is 4.71. The Bertz CT molecular complexity index is 666. The lowest BCUT2D eigenvalue weighted by Crippen LogP contribution is -2.38. The van der Waals surface area contributed by atoms with Crippen LogP contribution in [0.1, 0.15) is 20.7 Å². The number of nitrogens with one attached hydrogen (secondary N) is 1. The molecule has 102 valence electrons. The van der Waals surface area contributed by atoms with Gasteiger partial charge < -0.3 is 14.7 Å². The van der Waals surface area contributed by atoms with Crippen LogP contribution in [-0.2, 0) is 0 Å². The van der Waals surface area contributed by atoms with Gasteiger partial charge in [-0.15, -0.1) is 0 Å². The smallest absolute Gasteiger partial charge is 0.339 e. The Morgan fingerprint density at radius 3 is 2.95 bits per heavy atom. The zero-order chi connectivity index (χ0) is 14.1. The van der Waals surface area contributed by atoms with Crippen LogP contribution in [0.3, 0.4) is 0 Å². The topological polar surface area (TPSA) is 95.5 Å². The van der Waals surface area contributed by atoms with Crippen LogP contribution in [0.2, 0.25) is 0 Å². The number of aromatic amines is 1. The summed E-state index contributed by atoms with van der Waals surface area (Å²) >= 11 is 0. The van der Waals surface area contributed by atoms with Crippen molar-refractivity contribution in [1.29, 1.82) is 0 Å². The molecule has 7 heteroatoms. The Kier molecular flexibility index (Phi) is 2.86. The van der Waals surface area contributed by atoms with Crippen molar-refractivity contribution in [2.75, 3.05) is 18.1 Å². The summed E-state index contributed by atoms with van der Waals surface area (Å²) in [6.45, 7) is 0.612. The van der Waals surface area contributed by atoms with Gasteiger partial charge in [0.25, 0.3) is 5.91 Å². The van der Waals surface area contributed by atoms with Gasteiger partial charge in [0.2, 0.25) is 0 Å². The second-order valence-corrected chi connectivity index (χ2v) is 4.25. The summed E-state index contributed by atoms with van der Waals surface area (Å²) < 4.78 is 5.42. The van der Waals surface area contributed by atoms with E-state index in [1.165, 1.54) is 23.4 Å². The van der Waals surface area contributed by atoms with Crippen molar-refractivity contribution in [3.8, 4) is 5.75 Å². The van der Waals surface area contributed by atoms with Gasteiger partial charge in [0, 0.05) is 6.20 Å². The molecule has 1 aliphatic heterocycles. The number of carboxylic acid groups (broad SMARTS) is 1. The number of carboxylic acids is 1. The van der Waals surface area contributed by atoms with Crippen LogP contribution in [0.25, 0.3) is 0 Å². The number of anilines is 1. The number of carbonyl (C=O) groups excluding carboxylic acids is 1. The molecule has 1 aromatic heterocycles. The molecular formula is C13H11N3O4. The Balaban J connectivity index is 2.05. The highest BCUT2D eigenvalue weighted by atomic mass is 16.5. The fourth-order valence-electron chi connectivity index (χ4n) is 2.15. The Morgan fingerprint density at radius 2 is 2.25 bits per heavy atom. The van der Waals surface area contributed by atoms with Gasteiger partial charge in [-0.05, 0) is 12.1 Å². The number of aromatic nitrogens is 2. The predicted octanol–water partition coefficient (Wildman–Crippen LogP) is 1.15. The third-order valence-electron chi connectivity index (χ3n) is 3.07. The summed E-state index contributed by atoms with van der Waals surface area (Å²) in [4.78, 5) is 25.0. The molecule has 20 heavy (non-hydrogen) atoms. The fourth-order valence-corrected chi connectivity index (χ4v) is 2.15. The number of ether oxygens (including phenoxy) is 1. The highest BCUT2D eigenvalue weighted by Crippen LogP contribution is 2.35. The molecule has 0 aliphatic carbocycles. The molecule has 0 unspecified atom stereocenters. The van der Waals surface area contributed by atoms with E-state index in [0.717, 1.165) is 0 Å². The number of fused-ring (bicyclic) bond motifs is 1. The zero-order valence-corrected chi connectivity index (χ0v) is 10.4. The van der Waals surface area contributed by atoms with E-state index in [4.69, 9.17) is 9.84 Å². The van der Waals surface area contributed by atoms with Crippen LogP contribution in [0, 0.1) is 0 Å². The number of amides is 1. The van der Waals surface area contributed by atoms with Crippen molar-refractivity contribution in [3.05, 3.63) is 41.7 Å². The van der Waals surface area contributed by atoms with E-state index in [1.54, 1.807) is 12.1 Å². The first-order valence-electron chi connectivity index (χ1n) is 5.98. The lowest BCUT2D eigenvalue weighted by molar-refractivity contribution is 0.0690. The number of aromatic carboxylic acids is 1. The maximum absolute atomic E-state index is 12.4. The number of hydrogen-bond acceptors (Lipinski definition) is 4. The maximum atomic E-state index is 12.4. The first kappa shape index (κ1) is 12.2. The maximum Gasteiger partial charge on any atom is 0.339 e. The molecule has 0 saturated heterocycles. The van der Waals surface area contributed by atoms with Gasteiger partial charge >= 0.3 is 5.97 Å². The van der Waals surface area contributed by atoms with E-state index < -0.39 is 5.97 Å². The number of rotatable bonds is 2. The lowest BCUT2D eigenvalue weighted by atomic mass is 10.1. The van der Waals surface area contributed by atoms with E-state index in [2.05, 4.69) is 10.2 Å². The van der Waals surface area contributed by atoms with E-state index in [-0.39, 0.29) is 23.8 Å². The first-order valence-corrected chi connectivity index (χ1v) is 5.98. The molecule has 1 aromatic carbocycles. The van der Waals surface area contributed by atoms with Crippen LogP contribution >= 0.6 is 0 Å². The van der Waals surface area contributed by atoms with Gasteiger partial charge in [-0.3, -0.25) is 9.89 Å². The number of H-pyrrole nitrogens is 1. The van der Waals surface area contributed by atoms with Crippen LogP contribution < -0.4 is 9.64 Å². The fraction of sp³-hybridized carbons (Fsp3) is 0.154. The zero-order valence-electron chi connectivity index (χ0n) is 10.4. The number of benzene rings is 1. The molecule has 2 aromatic rings. The molecule has 0 fully saturated rings. The molecule has 0 spiro atoms. The van der Waals surface area contributed by atoms with Crippen molar-refractivity contribution >= 4 is 17.6 Å². The molecule has 0 saturated carbocycles.